The van der Waals surface area contributed by atoms with Crippen LogP contribution in [0.2, 0.25) is 0 Å². The van der Waals surface area contributed by atoms with Crippen LogP contribution in [0.15, 0.2) is 29.2 Å². The number of rotatable bonds is 7. The summed E-state index contributed by atoms with van der Waals surface area (Å²) in [5, 5.41) is 3.74. The highest BCUT2D eigenvalue weighted by molar-refractivity contribution is 7.99. The minimum absolute atomic E-state index is 0.711. The van der Waals surface area contributed by atoms with Crippen LogP contribution in [0.5, 0.6) is 0 Å². The second-order valence-electron chi connectivity index (χ2n) is 5.33. The van der Waals surface area contributed by atoms with Crippen molar-refractivity contribution in [1.29, 1.82) is 0 Å². The maximum absolute atomic E-state index is 3.74. The Kier molecular flexibility index (Phi) is 5.58. The van der Waals surface area contributed by atoms with E-state index in [0.29, 0.717) is 6.04 Å². The number of benzene rings is 1. The number of hydrogen-bond donors (Lipinski definition) is 1. The molecule has 0 aliphatic heterocycles. The molecule has 0 amide bonds. The largest absolute Gasteiger partial charge is 0.313 e. The first kappa shape index (κ1) is 14.0. The maximum atomic E-state index is 3.74. The van der Waals surface area contributed by atoms with Crippen LogP contribution >= 0.6 is 11.8 Å². The molecular weight excluding hydrogens is 238 g/mol. The summed E-state index contributed by atoms with van der Waals surface area (Å²) in [5.74, 6) is 2.14. The lowest BCUT2D eigenvalue weighted by Gasteiger charge is -2.34. The summed E-state index contributed by atoms with van der Waals surface area (Å²) in [7, 11) is 0. The molecule has 1 aliphatic carbocycles. The second kappa shape index (κ2) is 7.20. The SMILES string of the molecule is CCCNC(CSc1ccccc1C)C1CCC1. The summed E-state index contributed by atoms with van der Waals surface area (Å²) >= 11 is 2.02. The van der Waals surface area contributed by atoms with Crippen LogP contribution in [0.25, 0.3) is 0 Å². The molecular formula is C16H25NS. The molecule has 0 radical (unpaired) electrons. The third-order valence-electron chi connectivity index (χ3n) is 3.89. The average Bonchev–Trinajstić information content (AvgIpc) is 2.32. The van der Waals surface area contributed by atoms with Gasteiger partial charge in [0.15, 0.2) is 0 Å². The van der Waals surface area contributed by atoms with Crippen molar-refractivity contribution in [3.8, 4) is 0 Å². The van der Waals surface area contributed by atoms with E-state index in [0.717, 1.165) is 12.5 Å². The van der Waals surface area contributed by atoms with Crippen LogP contribution in [0.3, 0.4) is 0 Å². The molecule has 18 heavy (non-hydrogen) atoms. The van der Waals surface area contributed by atoms with Crippen molar-refractivity contribution in [1.82, 2.24) is 5.32 Å². The van der Waals surface area contributed by atoms with Crippen LogP contribution < -0.4 is 5.32 Å². The van der Waals surface area contributed by atoms with Gasteiger partial charge >= 0.3 is 0 Å². The van der Waals surface area contributed by atoms with Gasteiger partial charge in [-0.2, -0.15) is 0 Å². The molecule has 1 unspecified atom stereocenters. The van der Waals surface area contributed by atoms with Crippen molar-refractivity contribution in [3.63, 3.8) is 0 Å². The summed E-state index contributed by atoms with van der Waals surface area (Å²) in [6.45, 7) is 5.62. The fourth-order valence-corrected chi connectivity index (χ4v) is 3.65. The fourth-order valence-electron chi connectivity index (χ4n) is 2.43. The van der Waals surface area contributed by atoms with E-state index in [1.165, 1.54) is 41.9 Å². The molecule has 1 N–H and O–H groups in total. The Balaban J connectivity index is 1.86. The normalized spacial score (nSPS) is 17.4. The molecule has 0 spiro atoms. The quantitative estimate of drug-likeness (QED) is 0.738. The molecule has 0 saturated heterocycles. The Hall–Kier alpha value is -0.470. The average molecular weight is 263 g/mol. The number of nitrogens with one attached hydrogen (secondary N) is 1. The molecule has 1 aromatic carbocycles. The van der Waals surface area contributed by atoms with Gasteiger partial charge in [0.1, 0.15) is 0 Å². The molecule has 1 aromatic rings. The first-order valence-corrected chi connectivity index (χ1v) is 8.21. The van der Waals surface area contributed by atoms with Crippen molar-refractivity contribution in [2.24, 2.45) is 5.92 Å². The zero-order valence-corrected chi connectivity index (χ0v) is 12.4. The predicted octanol–water partition coefficient (Wildman–Crippen LogP) is 4.26. The standard InChI is InChI=1S/C16H25NS/c1-3-11-17-15(14-8-6-9-14)12-18-16-10-5-4-7-13(16)2/h4-5,7,10,14-15,17H,3,6,8-9,11-12H2,1-2H3. The zero-order valence-electron chi connectivity index (χ0n) is 11.6. The Morgan fingerprint density at radius 3 is 2.72 bits per heavy atom. The van der Waals surface area contributed by atoms with Crippen molar-refractivity contribution in [2.45, 2.75) is 50.5 Å². The van der Waals surface area contributed by atoms with Crippen molar-refractivity contribution in [3.05, 3.63) is 29.8 Å². The Morgan fingerprint density at radius 2 is 2.11 bits per heavy atom. The predicted molar refractivity (Wildman–Crippen MR) is 81.3 cm³/mol. The molecule has 1 aliphatic rings. The molecule has 1 saturated carbocycles. The van der Waals surface area contributed by atoms with Crippen LogP contribution in [0.4, 0.5) is 0 Å². The Morgan fingerprint density at radius 1 is 1.33 bits per heavy atom. The van der Waals surface area contributed by atoms with Gasteiger partial charge in [0.05, 0.1) is 0 Å². The molecule has 2 heteroatoms. The molecule has 0 heterocycles. The van der Waals surface area contributed by atoms with E-state index >= 15 is 0 Å². The van der Waals surface area contributed by atoms with Gasteiger partial charge in [-0.05, 0) is 50.3 Å². The first-order chi connectivity index (χ1) is 8.81. The van der Waals surface area contributed by atoms with Gasteiger partial charge in [-0.25, -0.2) is 0 Å². The highest BCUT2D eigenvalue weighted by atomic mass is 32.2. The number of aryl methyl sites for hydroxylation is 1. The minimum Gasteiger partial charge on any atom is -0.313 e. The summed E-state index contributed by atoms with van der Waals surface area (Å²) in [6, 6.07) is 9.44. The second-order valence-corrected chi connectivity index (χ2v) is 6.39. The van der Waals surface area contributed by atoms with Gasteiger partial charge < -0.3 is 5.32 Å². The third kappa shape index (κ3) is 3.76. The first-order valence-electron chi connectivity index (χ1n) is 7.23. The van der Waals surface area contributed by atoms with E-state index in [-0.39, 0.29) is 0 Å². The van der Waals surface area contributed by atoms with Gasteiger partial charge in [0.25, 0.3) is 0 Å². The van der Waals surface area contributed by atoms with Gasteiger partial charge in [-0.1, -0.05) is 31.5 Å². The van der Waals surface area contributed by atoms with E-state index in [4.69, 9.17) is 0 Å². The van der Waals surface area contributed by atoms with E-state index in [2.05, 4.69) is 43.4 Å². The van der Waals surface area contributed by atoms with Crippen molar-refractivity contribution >= 4 is 11.8 Å². The fraction of sp³-hybridized carbons (Fsp3) is 0.625. The van der Waals surface area contributed by atoms with Gasteiger partial charge in [-0.3, -0.25) is 0 Å². The van der Waals surface area contributed by atoms with E-state index < -0.39 is 0 Å². The monoisotopic (exact) mass is 263 g/mol. The summed E-state index contributed by atoms with van der Waals surface area (Å²) in [5.41, 5.74) is 1.41. The molecule has 0 aromatic heterocycles. The topological polar surface area (TPSA) is 12.0 Å². The van der Waals surface area contributed by atoms with E-state index in [1.807, 2.05) is 11.8 Å². The van der Waals surface area contributed by atoms with Crippen LogP contribution in [0.1, 0.15) is 38.2 Å². The van der Waals surface area contributed by atoms with Gasteiger partial charge in [0, 0.05) is 16.7 Å². The van der Waals surface area contributed by atoms with Crippen molar-refractivity contribution < 1.29 is 0 Å². The molecule has 1 nitrogen and oxygen atoms in total. The molecule has 0 bridgehead atoms. The summed E-state index contributed by atoms with van der Waals surface area (Å²) in [4.78, 5) is 1.44. The summed E-state index contributed by atoms with van der Waals surface area (Å²) < 4.78 is 0. The van der Waals surface area contributed by atoms with Crippen LogP contribution in [0, 0.1) is 12.8 Å². The lowest BCUT2D eigenvalue weighted by atomic mass is 9.80. The van der Waals surface area contributed by atoms with E-state index in [9.17, 15) is 0 Å². The molecule has 1 atom stereocenters. The highest BCUT2D eigenvalue weighted by Crippen LogP contribution is 2.33. The van der Waals surface area contributed by atoms with Gasteiger partial charge in [0.2, 0.25) is 0 Å². The van der Waals surface area contributed by atoms with E-state index in [1.54, 1.807) is 0 Å². The smallest absolute Gasteiger partial charge is 0.0189 e. The summed E-state index contributed by atoms with van der Waals surface area (Å²) in [6.07, 6.45) is 5.52. The number of thioether (sulfide) groups is 1. The van der Waals surface area contributed by atoms with Crippen molar-refractivity contribution in [2.75, 3.05) is 12.3 Å². The van der Waals surface area contributed by atoms with Crippen LogP contribution in [-0.2, 0) is 0 Å². The highest BCUT2D eigenvalue weighted by Gasteiger charge is 2.26. The third-order valence-corrected chi connectivity index (χ3v) is 5.18. The zero-order chi connectivity index (χ0) is 12.8. The molecule has 100 valence electrons. The lowest BCUT2D eigenvalue weighted by Crippen LogP contribution is -2.41. The lowest BCUT2D eigenvalue weighted by molar-refractivity contribution is 0.244. The maximum Gasteiger partial charge on any atom is 0.0189 e. The number of hydrogen-bond acceptors (Lipinski definition) is 2. The molecule has 2 rings (SSSR count). The Bertz CT molecular complexity index is 360. The minimum atomic E-state index is 0.711. The Labute approximate surface area is 116 Å². The van der Waals surface area contributed by atoms with Gasteiger partial charge in [-0.15, -0.1) is 11.8 Å². The molecule has 1 fully saturated rings. The van der Waals surface area contributed by atoms with Crippen LogP contribution in [-0.4, -0.2) is 18.3 Å².